The van der Waals surface area contributed by atoms with Gasteiger partial charge in [-0.15, -0.1) is 0 Å². The number of nitrogens with zero attached hydrogens (tertiary/aromatic N) is 3. The molecule has 1 fully saturated rings. The summed E-state index contributed by atoms with van der Waals surface area (Å²) in [7, 11) is 1.83. The third-order valence-corrected chi connectivity index (χ3v) is 4.14. The normalized spacial score (nSPS) is 27.4. The minimum atomic E-state index is -2.57. The van der Waals surface area contributed by atoms with Gasteiger partial charge in [0.05, 0.1) is 12.1 Å². The van der Waals surface area contributed by atoms with Crippen molar-refractivity contribution in [3.63, 3.8) is 0 Å². The molecule has 0 atom stereocenters. The Bertz CT molecular complexity index is 428. The van der Waals surface area contributed by atoms with Crippen LogP contribution in [0.5, 0.6) is 0 Å². The summed E-state index contributed by atoms with van der Waals surface area (Å²) in [5.41, 5.74) is -0.691. The molecule has 0 unspecified atom stereocenters. The van der Waals surface area contributed by atoms with Gasteiger partial charge in [-0.05, 0) is 38.6 Å². The van der Waals surface area contributed by atoms with Gasteiger partial charge in [0.25, 0.3) is 0 Å². The van der Waals surface area contributed by atoms with E-state index in [0.717, 1.165) is 30.3 Å². The minimum absolute atomic E-state index is 0.315. The Kier molecular flexibility index (Phi) is 4.75. The number of aromatic nitrogens is 2. The van der Waals surface area contributed by atoms with Crippen LogP contribution >= 0.6 is 0 Å². The van der Waals surface area contributed by atoms with Crippen LogP contribution in [0.2, 0.25) is 0 Å². The Morgan fingerprint density at radius 3 is 2.75 bits per heavy atom. The van der Waals surface area contributed by atoms with Crippen molar-refractivity contribution in [3.8, 4) is 0 Å². The van der Waals surface area contributed by atoms with Gasteiger partial charge in [0.15, 0.2) is 0 Å². The first kappa shape index (κ1) is 15.4. The molecule has 114 valence electrons. The highest BCUT2D eigenvalue weighted by molar-refractivity contribution is 4.94. The molecule has 0 bridgehead atoms. The van der Waals surface area contributed by atoms with Gasteiger partial charge < -0.3 is 5.11 Å². The summed E-state index contributed by atoms with van der Waals surface area (Å²) in [4.78, 5) is 5.84. The van der Waals surface area contributed by atoms with E-state index in [1.54, 1.807) is 0 Å². The Hall–Kier alpha value is -1.01. The average molecular weight is 287 g/mol. The molecule has 6 heteroatoms. The number of likely N-dealkylation sites (N-methyl/N-ethyl adjacent to an activating group) is 1. The van der Waals surface area contributed by atoms with Gasteiger partial charge in [0, 0.05) is 18.9 Å². The number of rotatable bonds is 5. The van der Waals surface area contributed by atoms with Crippen LogP contribution < -0.4 is 0 Å². The van der Waals surface area contributed by atoms with Crippen LogP contribution in [-0.4, -0.2) is 38.8 Å². The maximum absolute atomic E-state index is 12.7. The molecule has 1 N–H and O–H groups in total. The number of hydrogen-bond donors (Lipinski definition) is 1. The van der Waals surface area contributed by atoms with Gasteiger partial charge in [0.1, 0.15) is 5.82 Å². The van der Waals surface area contributed by atoms with Crippen LogP contribution in [0.4, 0.5) is 8.78 Å². The molecule has 0 aliphatic heterocycles. The second kappa shape index (κ2) is 6.18. The van der Waals surface area contributed by atoms with Gasteiger partial charge in [-0.25, -0.2) is 4.98 Å². The van der Waals surface area contributed by atoms with E-state index < -0.39 is 12.2 Å². The van der Waals surface area contributed by atoms with Crippen molar-refractivity contribution >= 4 is 0 Å². The van der Waals surface area contributed by atoms with Crippen molar-refractivity contribution < 1.29 is 13.9 Å². The summed E-state index contributed by atoms with van der Waals surface area (Å²) < 4.78 is 26.4. The minimum Gasteiger partial charge on any atom is -0.389 e. The molecular weight excluding hydrogens is 264 g/mol. The first-order valence-electron chi connectivity index (χ1n) is 7.10. The Morgan fingerprint density at radius 2 is 2.15 bits per heavy atom. The second-order valence-corrected chi connectivity index (χ2v) is 6.11. The molecule has 0 aromatic carbocycles. The zero-order valence-electron chi connectivity index (χ0n) is 12.1. The highest BCUT2D eigenvalue weighted by atomic mass is 19.3. The first-order chi connectivity index (χ1) is 9.39. The van der Waals surface area contributed by atoms with Gasteiger partial charge in [0.2, 0.25) is 0 Å². The fourth-order valence-electron chi connectivity index (χ4n) is 2.90. The number of aliphatic hydroxyl groups is 1. The monoisotopic (exact) mass is 287 g/mol. The predicted molar refractivity (Wildman–Crippen MR) is 72.4 cm³/mol. The molecule has 0 radical (unpaired) electrons. The van der Waals surface area contributed by atoms with E-state index in [2.05, 4.69) is 11.9 Å². The molecule has 1 saturated carbocycles. The molecule has 0 amide bonds. The first-order valence-corrected chi connectivity index (χ1v) is 7.10. The fourth-order valence-corrected chi connectivity index (χ4v) is 2.90. The summed E-state index contributed by atoms with van der Waals surface area (Å²) in [5, 5.41) is 10.5. The number of imidazole rings is 1. The van der Waals surface area contributed by atoms with Crippen molar-refractivity contribution in [2.75, 3.05) is 13.6 Å². The summed E-state index contributed by atoms with van der Waals surface area (Å²) >= 11 is 0. The van der Waals surface area contributed by atoms with Gasteiger partial charge in [-0.2, -0.15) is 8.78 Å². The second-order valence-electron chi connectivity index (χ2n) is 6.11. The fraction of sp³-hybridized carbons (Fsp3) is 0.786. The van der Waals surface area contributed by atoms with Crippen molar-refractivity contribution in [2.24, 2.45) is 5.92 Å². The van der Waals surface area contributed by atoms with Gasteiger partial charge in [-0.1, -0.05) is 6.92 Å². The van der Waals surface area contributed by atoms with E-state index in [9.17, 15) is 13.9 Å². The van der Waals surface area contributed by atoms with Crippen LogP contribution in [0.25, 0.3) is 0 Å². The van der Waals surface area contributed by atoms with Crippen molar-refractivity contribution in [1.82, 2.24) is 14.5 Å². The molecule has 0 saturated heterocycles. The number of alkyl halides is 2. The maximum Gasteiger partial charge on any atom is 0.319 e. The Morgan fingerprint density at radius 1 is 1.50 bits per heavy atom. The van der Waals surface area contributed by atoms with E-state index >= 15 is 0 Å². The lowest BCUT2D eigenvalue weighted by Crippen LogP contribution is -2.44. The summed E-state index contributed by atoms with van der Waals surface area (Å²) in [6, 6.07) is 0. The third-order valence-electron chi connectivity index (χ3n) is 4.14. The van der Waals surface area contributed by atoms with Gasteiger partial charge >= 0.3 is 6.55 Å². The molecule has 0 spiro atoms. The van der Waals surface area contributed by atoms with Crippen LogP contribution in [0, 0.1) is 5.92 Å². The average Bonchev–Trinajstić information content (AvgIpc) is 2.81. The lowest BCUT2D eigenvalue weighted by atomic mass is 9.79. The smallest absolute Gasteiger partial charge is 0.319 e. The molecule has 1 aliphatic rings. The molecule has 1 aromatic heterocycles. The molecule has 20 heavy (non-hydrogen) atoms. The molecular formula is C14H23F2N3O. The lowest BCUT2D eigenvalue weighted by Gasteiger charge is -2.37. The highest BCUT2D eigenvalue weighted by Gasteiger charge is 2.33. The van der Waals surface area contributed by atoms with E-state index in [0.29, 0.717) is 24.8 Å². The highest BCUT2D eigenvalue weighted by Crippen LogP contribution is 2.32. The van der Waals surface area contributed by atoms with Crippen LogP contribution in [0.15, 0.2) is 12.4 Å². The van der Waals surface area contributed by atoms with Crippen LogP contribution in [-0.2, 0) is 6.54 Å². The number of halogens is 2. The SMILES string of the molecule is CC1CCC(O)(CN(C)Cc2nccn2C(F)F)CC1. The standard InChI is InChI=1S/C14H23F2N3O/c1-11-3-5-14(20,6-4-11)10-18(2)9-12-17-7-8-19(12)13(15)16/h7-8,11,13,20H,3-6,9-10H2,1-2H3. The predicted octanol–water partition coefficient (Wildman–Crippen LogP) is 2.65. The topological polar surface area (TPSA) is 41.3 Å². The zero-order chi connectivity index (χ0) is 14.8. The van der Waals surface area contributed by atoms with Crippen LogP contribution in [0.3, 0.4) is 0 Å². The van der Waals surface area contributed by atoms with E-state index in [1.165, 1.54) is 12.4 Å². The van der Waals surface area contributed by atoms with Crippen molar-refractivity contribution in [3.05, 3.63) is 18.2 Å². The van der Waals surface area contributed by atoms with Crippen LogP contribution in [0.1, 0.15) is 45.0 Å². The van der Waals surface area contributed by atoms with Crippen molar-refractivity contribution in [1.29, 1.82) is 0 Å². The molecule has 4 nitrogen and oxygen atoms in total. The largest absolute Gasteiger partial charge is 0.389 e. The molecule has 2 rings (SSSR count). The van der Waals surface area contributed by atoms with E-state index in [1.807, 2.05) is 11.9 Å². The summed E-state index contributed by atoms with van der Waals surface area (Å²) in [6.45, 7) is 0.438. The van der Waals surface area contributed by atoms with E-state index in [-0.39, 0.29) is 0 Å². The number of hydrogen-bond acceptors (Lipinski definition) is 3. The maximum atomic E-state index is 12.7. The Balaban J connectivity index is 1.92. The van der Waals surface area contributed by atoms with Gasteiger partial charge in [-0.3, -0.25) is 9.47 Å². The zero-order valence-corrected chi connectivity index (χ0v) is 12.1. The molecule has 1 aliphatic carbocycles. The third kappa shape index (κ3) is 3.76. The Labute approximate surface area is 118 Å². The quantitative estimate of drug-likeness (QED) is 0.905. The summed E-state index contributed by atoms with van der Waals surface area (Å²) in [6.07, 6.45) is 6.27. The lowest BCUT2D eigenvalue weighted by molar-refractivity contribution is -0.0326. The summed E-state index contributed by atoms with van der Waals surface area (Å²) in [5.74, 6) is 0.994. The molecule has 1 heterocycles. The molecule has 1 aromatic rings. The van der Waals surface area contributed by atoms with Crippen molar-refractivity contribution in [2.45, 2.75) is 51.3 Å². The van der Waals surface area contributed by atoms with E-state index in [4.69, 9.17) is 0 Å².